The molecule has 1 aromatic heterocycles. The molecule has 0 unspecified atom stereocenters. The monoisotopic (exact) mass is 348 g/mol. The van der Waals surface area contributed by atoms with Gasteiger partial charge in [0.2, 0.25) is 11.8 Å². The number of rotatable bonds is 8. The van der Waals surface area contributed by atoms with Crippen molar-refractivity contribution in [1.82, 2.24) is 15.1 Å². The third-order valence-corrected chi connectivity index (χ3v) is 4.54. The highest BCUT2D eigenvalue weighted by molar-refractivity contribution is 5.95. The topological polar surface area (TPSA) is 85.2 Å². The summed E-state index contributed by atoms with van der Waals surface area (Å²) >= 11 is 0. The number of nitrogens with zero attached hydrogens (tertiary/aromatic N) is 2. The highest BCUT2D eigenvalue weighted by Crippen LogP contribution is 2.59. The number of allylic oxidation sites excluding steroid dienone is 2. The Kier molecular flexibility index (Phi) is 6.00. The van der Waals surface area contributed by atoms with E-state index in [0.717, 1.165) is 0 Å². The van der Waals surface area contributed by atoms with Gasteiger partial charge in [-0.3, -0.25) is 14.3 Å². The summed E-state index contributed by atoms with van der Waals surface area (Å²) in [5.41, 5.74) is 1.80. The van der Waals surface area contributed by atoms with Crippen molar-refractivity contribution in [2.45, 2.75) is 34.2 Å². The lowest BCUT2D eigenvalue weighted by Gasteiger charge is -2.05. The van der Waals surface area contributed by atoms with E-state index in [4.69, 9.17) is 4.74 Å². The number of methoxy groups -OCH3 is 1. The lowest BCUT2D eigenvalue weighted by molar-refractivity contribution is -0.122. The normalized spacial score (nSPS) is 20.7. The smallest absolute Gasteiger partial charge is 0.241 e. The summed E-state index contributed by atoms with van der Waals surface area (Å²) in [4.78, 5) is 24.3. The van der Waals surface area contributed by atoms with Crippen LogP contribution in [0.5, 0.6) is 0 Å². The molecule has 2 rings (SSSR count). The van der Waals surface area contributed by atoms with E-state index in [2.05, 4.69) is 35.7 Å². The minimum atomic E-state index is -0.148. The Bertz CT molecular complexity index is 659. The van der Waals surface area contributed by atoms with Crippen LogP contribution in [0.25, 0.3) is 0 Å². The summed E-state index contributed by atoms with van der Waals surface area (Å²) < 4.78 is 6.38. The second-order valence-electron chi connectivity index (χ2n) is 7.33. The van der Waals surface area contributed by atoms with E-state index in [-0.39, 0.29) is 35.6 Å². The van der Waals surface area contributed by atoms with Gasteiger partial charge in [0.15, 0.2) is 0 Å². The predicted molar refractivity (Wildman–Crippen MR) is 95.9 cm³/mol. The maximum absolute atomic E-state index is 12.5. The van der Waals surface area contributed by atoms with Gasteiger partial charge in [-0.1, -0.05) is 25.5 Å². The zero-order chi connectivity index (χ0) is 18.6. The number of amides is 2. The van der Waals surface area contributed by atoms with E-state index in [1.54, 1.807) is 19.5 Å². The fourth-order valence-corrected chi connectivity index (χ4v) is 3.08. The van der Waals surface area contributed by atoms with Crippen LogP contribution in [0, 0.1) is 17.3 Å². The van der Waals surface area contributed by atoms with E-state index >= 15 is 0 Å². The van der Waals surface area contributed by atoms with Crippen LogP contribution in [0.4, 0.5) is 5.69 Å². The van der Waals surface area contributed by atoms with Crippen LogP contribution < -0.4 is 10.6 Å². The molecule has 1 aromatic rings. The number of ether oxygens (including phenoxy) is 1. The van der Waals surface area contributed by atoms with Gasteiger partial charge in [0, 0.05) is 19.9 Å². The molecule has 1 saturated carbocycles. The van der Waals surface area contributed by atoms with Crippen LogP contribution in [0.1, 0.15) is 27.7 Å². The first-order chi connectivity index (χ1) is 11.8. The Morgan fingerprint density at radius 3 is 2.76 bits per heavy atom. The second-order valence-corrected chi connectivity index (χ2v) is 7.33. The van der Waals surface area contributed by atoms with Crippen LogP contribution in [0.3, 0.4) is 0 Å². The van der Waals surface area contributed by atoms with Crippen molar-refractivity contribution in [2.24, 2.45) is 17.3 Å². The van der Waals surface area contributed by atoms with Crippen LogP contribution in [0.2, 0.25) is 0 Å². The molecule has 7 nitrogen and oxygen atoms in total. The molecule has 2 atom stereocenters. The van der Waals surface area contributed by atoms with Crippen molar-refractivity contribution in [3.05, 3.63) is 24.0 Å². The molecule has 0 spiro atoms. The first kappa shape index (κ1) is 19.2. The van der Waals surface area contributed by atoms with Crippen molar-refractivity contribution in [2.75, 3.05) is 25.6 Å². The van der Waals surface area contributed by atoms with E-state index in [9.17, 15) is 9.59 Å². The molecule has 138 valence electrons. The first-order valence-electron chi connectivity index (χ1n) is 8.49. The van der Waals surface area contributed by atoms with Crippen LogP contribution in [-0.2, 0) is 20.9 Å². The van der Waals surface area contributed by atoms with Gasteiger partial charge < -0.3 is 15.4 Å². The number of carbonyl (C=O) groups excluding carboxylic acids is 2. The summed E-state index contributed by atoms with van der Waals surface area (Å²) in [5.74, 6) is 0.0729. The molecule has 0 saturated heterocycles. The van der Waals surface area contributed by atoms with Crippen LogP contribution >= 0.6 is 0 Å². The van der Waals surface area contributed by atoms with Gasteiger partial charge in [-0.05, 0) is 25.2 Å². The fraction of sp³-hybridized carbons (Fsp3) is 0.611. The van der Waals surface area contributed by atoms with Crippen molar-refractivity contribution in [1.29, 1.82) is 0 Å². The first-order valence-corrected chi connectivity index (χ1v) is 8.49. The summed E-state index contributed by atoms with van der Waals surface area (Å²) in [6.07, 6.45) is 5.39. The van der Waals surface area contributed by atoms with Crippen molar-refractivity contribution in [3.8, 4) is 0 Å². The van der Waals surface area contributed by atoms with Gasteiger partial charge in [0.25, 0.3) is 0 Å². The molecule has 2 amide bonds. The summed E-state index contributed by atoms with van der Waals surface area (Å²) in [5, 5.41) is 9.75. The molecule has 25 heavy (non-hydrogen) atoms. The number of anilines is 1. The largest absolute Gasteiger partial charge is 0.383 e. The van der Waals surface area contributed by atoms with Gasteiger partial charge in [-0.25, -0.2) is 0 Å². The molecule has 2 N–H and O–H groups in total. The van der Waals surface area contributed by atoms with Gasteiger partial charge in [0.1, 0.15) is 6.54 Å². The van der Waals surface area contributed by atoms with Gasteiger partial charge >= 0.3 is 0 Å². The molecule has 1 fully saturated rings. The highest BCUT2D eigenvalue weighted by atomic mass is 16.5. The molecule has 0 aromatic carbocycles. The van der Waals surface area contributed by atoms with E-state index in [1.807, 2.05) is 13.8 Å². The Morgan fingerprint density at radius 1 is 1.40 bits per heavy atom. The lowest BCUT2D eigenvalue weighted by Crippen LogP contribution is -2.30. The number of hydrogen-bond donors (Lipinski definition) is 2. The molecular weight excluding hydrogens is 320 g/mol. The number of carbonyl (C=O) groups is 2. The Hall–Kier alpha value is -2.15. The SMILES string of the molecule is COCCNC(=O)Cn1cc(NC(=O)[C@H]2[C@H](C=C(C)C)C2(C)C)cn1. The van der Waals surface area contributed by atoms with E-state index in [0.29, 0.717) is 18.8 Å². The number of aromatic nitrogens is 2. The maximum Gasteiger partial charge on any atom is 0.241 e. The van der Waals surface area contributed by atoms with Crippen molar-refractivity contribution < 1.29 is 14.3 Å². The van der Waals surface area contributed by atoms with Gasteiger partial charge in [0.05, 0.1) is 24.4 Å². The third kappa shape index (κ3) is 4.92. The van der Waals surface area contributed by atoms with Crippen LogP contribution in [-0.4, -0.2) is 41.9 Å². The zero-order valence-electron chi connectivity index (χ0n) is 15.6. The lowest BCUT2D eigenvalue weighted by atomic mass is 10.1. The standard InChI is InChI=1S/C18H28N4O3/c1-12(2)8-14-16(18(14,3)4)17(24)21-13-9-20-22(10-13)11-15(23)19-6-7-25-5/h8-10,14,16H,6-7,11H2,1-5H3,(H,19,23)(H,21,24)/t14-,16+/m0/s1. The second kappa shape index (κ2) is 7.82. The van der Waals surface area contributed by atoms with Crippen LogP contribution in [0.15, 0.2) is 24.0 Å². The average molecular weight is 348 g/mol. The van der Waals surface area contributed by atoms with Crippen molar-refractivity contribution >= 4 is 17.5 Å². The van der Waals surface area contributed by atoms with E-state index in [1.165, 1.54) is 10.3 Å². The molecule has 0 bridgehead atoms. The molecule has 1 aliphatic carbocycles. The minimum absolute atomic E-state index is 0.00315. The average Bonchev–Trinajstić information content (AvgIpc) is 2.82. The minimum Gasteiger partial charge on any atom is -0.383 e. The van der Waals surface area contributed by atoms with Crippen molar-refractivity contribution in [3.63, 3.8) is 0 Å². The molecule has 1 heterocycles. The molecule has 0 radical (unpaired) electrons. The predicted octanol–water partition coefficient (Wildman–Crippen LogP) is 1.82. The fourth-order valence-electron chi connectivity index (χ4n) is 3.08. The Morgan fingerprint density at radius 2 is 2.12 bits per heavy atom. The van der Waals surface area contributed by atoms with Gasteiger partial charge in [-0.15, -0.1) is 0 Å². The van der Waals surface area contributed by atoms with E-state index < -0.39 is 0 Å². The Labute approximate surface area is 148 Å². The highest BCUT2D eigenvalue weighted by Gasteiger charge is 2.60. The summed E-state index contributed by atoms with van der Waals surface area (Å²) in [6.45, 7) is 9.34. The quantitative estimate of drug-likeness (QED) is 0.554. The summed E-state index contributed by atoms with van der Waals surface area (Å²) in [6, 6.07) is 0. The molecule has 0 aliphatic heterocycles. The maximum atomic E-state index is 12.5. The molecular formula is C18H28N4O3. The van der Waals surface area contributed by atoms with Gasteiger partial charge in [-0.2, -0.15) is 5.10 Å². The molecule has 7 heteroatoms. The molecule has 1 aliphatic rings. The summed E-state index contributed by atoms with van der Waals surface area (Å²) in [7, 11) is 1.58. The number of nitrogens with one attached hydrogen (secondary N) is 2. The number of hydrogen-bond acceptors (Lipinski definition) is 4. The third-order valence-electron chi connectivity index (χ3n) is 4.54. The zero-order valence-corrected chi connectivity index (χ0v) is 15.6. The Balaban J connectivity index is 1.88.